The third-order valence-corrected chi connectivity index (χ3v) is 2.87. The molecule has 0 aliphatic carbocycles. The molecule has 0 spiro atoms. The van der Waals surface area contributed by atoms with E-state index in [0.29, 0.717) is 12.3 Å². The molecule has 18 heavy (non-hydrogen) atoms. The van der Waals surface area contributed by atoms with Gasteiger partial charge in [0.2, 0.25) is 5.91 Å². The molecule has 0 bridgehead atoms. The van der Waals surface area contributed by atoms with E-state index in [1.165, 1.54) is 0 Å². The van der Waals surface area contributed by atoms with Gasteiger partial charge in [0.05, 0.1) is 0 Å². The maximum absolute atomic E-state index is 11.7. The average Bonchev–Trinajstić information content (AvgIpc) is 2.36. The van der Waals surface area contributed by atoms with E-state index in [9.17, 15) is 4.79 Å². The number of aromatic nitrogens is 1. The van der Waals surface area contributed by atoms with Crippen LogP contribution >= 0.6 is 0 Å². The summed E-state index contributed by atoms with van der Waals surface area (Å²) in [5.74, 6) is 0.628. The van der Waals surface area contributed by atoms with Gasteiger partial charge in [-0.25, -0.2) is 0 Å². The standard InChI is InChI=1S/C15H18N2O/c1-11(2)3-6-15(18)17-14-5-4-12-7-8-16-10-13(12)9-14/h4-5,7-11H,3,6H2,1-2H3,(H,17,18). The smallest absolute Gasteiger partial charge is 0.224 e. The zero-order valence-corrected chi connectivity index (χ0v) is 10.8. The van der Waals surface area contributed by atoms with Crippen LogP contribution in [0.3, 0.4) is 0 Å². The van der Waals surface area contributed by atoms with Crippen molar-refractivity contribution in [3.8, 4) is 0 Å². The van der Waals surface area contributed by atoms with E-state index in [2.05, 4.69) is 24.1 Å². The van der Waals surface area contributed by atoms with Gasteiger partial charge in [-0.3, -0.25) is 9.78 Å². The van der Waals surface area contributed by atoms with Crippen molar-refractivity contribution in [2.45, 2.75) is 26.7 Å². The molecule has 1 N–H and O–H groups in total. The van der Waals surface area contributed by atoms with Crippen LogP contribution in [0, 0.1) is 5.92 Å². The van der Waals surface area contributed by atoms with Crippen LogP contribution in [0.25, 0.3) is 10.8 Å². The number of nitrogens with zero attached hydrogens (tertiary/aromatic N) is 1. The van der Waals surface area contributed by atoms with E-state index < -0.39 is 0 Å². The number of pyridine rings is 1. The topological polar surface area (TPSA) is 42.0 Å². The van der Waals surface area contributed by atoms with E-state index in [1.807, 2.05) is 24.3 Å². The summed E-state index contributed by atoms with van der Waals surface area (Å²) < 4.78 is 0. The lowest BCUT2D eigenvalue weighted by molar-refractivity contribution is -0.116. The fourth-order valence-corrected chi connectivity index (χ4v) is 1.81. The Hall–Kier alpha value is -1.90. The lowest BCUT2D eigenvalue weighted by Crippen LogP contribution is -2.12. The monoisotopic (exact) mass is 242 g/mol. The van der Waals surface area contributed by atoms with Crippen molar-refractivity contribution in [1.29, 1.82) is 0 Å². The molecular weight excluding hydrogens is 224 g/mol. The first-order valence-electron chi connectivity index (χ1n) is 6.29. The normalized spacial score (nSPS) is 10.8. The number of fused-ring (bicyclic) bond motifs is 1. The summed E-state index contributed by atoms with van der Waals surface area (Å²) in [7, 11) is 0. The summed E-state index contributed by atoms with van der Waals surface area (Å²) in [6.45, 7) is 4.24. The molecule has 1 aromatic heterocycles. The molecule has 0 unspecified atom stereocenters. The molecule has 0 radical (unpaired) electrons. The van der Waals surface area contributed by atoms with Crippen molar-refractivity contribution < 1.29 is 4.79 Å². The second kappa shape index (κ2) is 5.63. The summed E-state index contributed by atoms with van der Waals surface area (Å²) in [4.78, 5) is 15.8. The second-order valence-electron chi connectivity index (χ2n) is 4.92. The number of amides is 1. The van der Waals surface area contributed by atoms with E-state index in [1.54, 1.807) is 12.4 Å². The van der Waals surface area contributed by atoms with Gasteiger partial charge < -0.3 is 5.32 Å². The Morgan fingerprint density at radius 3 is 2.89 bits per heavy atom. The number of carbonyl (C=O) groups is 1. The van der Waals surface area contributed by atoms with Crippen LogP contribution in [0.1, 0.15) is 26.7 Å². The first-order valence-corrected chi connectivity index (χ1v) is 6.29. The predicted molar refractivity (Wildman–Crippen MR) is 74.4 cm³/mol. The summed E-state index contributed by atoms with van der Waals surface area (Å²) in [5, 5.41) is 5.09. The van der Waals surface area contributed by atoms with Gasteiger partial charge in [-0.1, -0.05) is 19.9 Å². The van der Waals surface area contributed by atoms with Crippen molar-refractivity contribution in [3.63, 3.8) is 0 Å². The number of nitrogens with one attached hydrogen (secondary N) is 1. The molecule has 1 aromatic carbocycles. The van der Waals surface area contributed by atoms with Gasteiger partial charge in [-0.2, -0.15) is 0 Å². The maximum Gasteiger partial charge on any atom is 0.224 e. The Labute approximate surface area is 107 Å². The lowest BCUT2D eigenvalue weighted by atomic mass is 10.1. The van der Waals surface area contributed by atoms with Crippen LogP contribution in [0.15, 0.2) is 36.7 Å². The minimum absolute atomic E-state index is 0.0759. The Kier molecular flexibility index (Phi) is 3.92. The Morgan fingerprint density at radius 1 is 1.28 bits per heavy atom. The van der Waals surface area contributed by atoms with Crippen molar-refractivity contribution in [3.05, 3.63) is 36.7 Å². The first kappa shape index (κ1) is 12.6. The quantitative estimate of drug-likeness (QED) is 0.889. The molecule has 0 saturated heterocycles. The highest BCUT2D eigenvalue weighted by atomic mass is 16.1. The number of hydrogen-bond acceptors (Lipinski definition) is 2. The summed E-state index contributed by atoms with van der Waals surface area (Å²) in [5.41, 5.74) is 0.837. The largest absolute Gasteiger partial charge is 0.326 e. The Bertz CT molecular complexity index is 549. The second-order valence-corrected chi connectivity index (χ2v) is 4.92. The van der Waals surface area contributed by atoms with Gasteiger partial charge in [-0.15, -0.1) is 0 Å². The predicted octanol–water partition coefficient (Wildman–Crippen LogP) is 3.61. The highest BCUT2D eigenvalue weighted by molar-refractivity contribution is 5.94. The maximum atomic E-state index is 11.7. The van der Waals surface area contributed by atoms with Gasteiger partial charge in [0, 0.05) is 29.9 Å². The van der Waals surface area contributed by atoms with Gasteiger partial charge in [-0.05, 0) is 35.9 Å². The van der Waals surface area contributed by atoms with Crippen LogP contribution in [0.2, 0.25) is 0 Å². The van der Waals surface area contributed by atoms with E-state index >= 15 is 0 Å². The Morgan fingerprint density at radius 2 is 2.11 bits per heavy atom. The van der Waals surface area contributed by atoms with Crippen LogP contribution in [0.5, 0.6) is 0 Å². The molecular formula is C15H18N2O. The van der Waals surface area contributed by atoms with Gasteiger partial charge >= 0.3 is 0 Å². The van der Waals surface area contributed by atoms with Crippen LogP contribution in [-0.4, -0.2) is 10.9 Å². The molecule has 0 atom stereocenters. The number of anilines is 1. The molecule has 0 fully saturated rings. The first-order chi connectivity index (χ1) is 8.65. The summed E-state index contributed by atoms with van der Waals surface area (Å²) >= 11 is 0. The van der Waals surface area contributed by atoms with Gasteiger partial charge in [0.1, 0.15) is 0 Å². The zero-order valence-electron chi connectivity index (χ0n) is 10.8. The molecule has 2 aromatic rings. The fraction of sp³-hybridized carbons (Fsp3) is 0.333. The minimum Gasteiger partial charge on any atom is -0.326 e. The molecule has 3 nitrogen and oxygen atoms in total. The van der Waals surface area contributed by atoms with Gasteiger partial charge in [0.25, 0.3) is 0 Å². The molecule has 94 valence electrons. The van der Waals surface area contributed by atoms with Crippen LogP contribution < -0.4 is 5.32 Å². The van der Waals surface area contributed by atoms with Gasteiger partial charge in [0.15, 0.2) is 0 Å². The molecule has 1 heterocycles. The third-order valence-electron chi connectivity index (χ3n) is 2.87. The fourth-order valence-electron chi connectivity index (χ4n) is 1.81. The third kappa shape index (κ3) is 3.29. The average molecular weight is 242 g/mol. The highest BCUT2D eigenvalue weighted by Crippen LogP contribution is 2.18. The molecule has 0 aliphatic heterocycles. The lowest BCUT2D eigenvalue weighted by Gasteiger charge is -2.07. The van der Waals surface area contributed by atoms with Crippen LogP contribution in [0.4, 0.5) is 5.69 Å². The highest BCUT2D eigenvalue weighted by Gasteiger charge is 2.04. The van der Waals surface area contributed by atoms with Crippen molar-refractivity contribution in [1.82, 2.24) is 4.98 Å². The molecule has 0 saturated carbocycles. The number of carbonyl (C=O) groups excluding carboxylic acids is 1. The van der Waals surface area contributed by atoms with Crippen molar-refractivity contribution in [2.24, 2.45) is 5.92 Å². The Balaban J connectivity index is 2.05. The zero-order chi connectivity index (χ0) is 13.0. The molecule has 3 heteroatoms. The van der Waals surface area contributed by atoms with E-state index in [-0.39, 0.29) is 5.91 Å². The van der Waals surface area contributed by atoms with E-state index in [4.69, 9.17) is 0 Å². The SMILES string of the molecule is CC(C)CCC(=O)Nc1ccc2ccncc2c1. The van der Waals surface area contributed by atoms with Crippen molar-refractivity contribution >= 4 is 22.4 Å². The number of rotatable bonds is 4. The molecule has 0 aliphatic rings. The van der Waals surface area contributed by atoms with Crippen molar-refractivity contribution in [2.75, 3.05) is 5.32 Å². The van der Waals surface area contributed by atoms with E-state index in [0.717, 1.165) is 22.9 Å². The summed E-state index contributed by atoms with van der Waals surface area (Å²) in [6.07, 6.45) is 5.06. The summed E-state index contributed by atoms with van der Waals surface area (Å²) in [6, 6.07) is 7.83. The number of hydrogen-bond donors (Lipinski definition) is 1. The number of benzene rings is 1. The van der Waals surface area contributed by atoms with Crippen LogP contribution in [-0.2, 0) is 4.79 Å². The minimum atomic E-state index is 0.0759. The molecule has 1 amide bonds. The molecule has 2 rings (SSSR count).